The molecule has 0 aromatic heterocycles. The molecule has 7 heteroatoms. The average Bonchev–Trinajstić information content (AvgIpc) is 2.65. The highest BCUT2D eigenvalue weighted by Gasteiger charge is 2.43. The lowest BCUT2D eigenvalue weighted by Gasteiger charge is -2.38. The van der Waals surface area contributed by atoms with Crippen molar-refractivity contribution >= 4 is 12.4 Å². The average molecular weight is 385 g/mol. The lowest BCUT2D eigenvalue weighted by molar-refractivity contribution is -0.118. The van der Waals surface area contributed by atoms with Gasteiger partial charge in [-0.05, 0) is 29.8 Å². The SMILES string of the molecule is Cl.OCC(F)(F)[C@@H](c1ccc(Oc2ccccc2)cc1)N1CCNCC1. The van der Waals surface area contributed by atoms with Gasteiger partial charge in [0.15, 0.2) is 0 Å². The number of rotatable bonds is 6. The van der Waals surface area contributed by atoms with Crippen molar-refractivity contribution in [3.05, 3.63) is 60.2 Å². The first-order valence-corrected chi connectivity index (χ1v) is 8.36. The molecule has 1 saturated heterocycles. The number of ether oxygens (including phenoxy) is 1. The number of hydrogen-bond acceptors (Lipinski definition) is 4. The summed E-state index contributed by atoms with van der Waals surface area (Å²) >= 11 is 0. The summed E-state index contributed by atoms with van der Waals surface area (Å²) in [7, 11) is 0. The summed E-state index contributed by atoms with van der Waals surface area (Å²) in [6.07, 6.45) is 0. The van der Waals surface area contributed by atoms with Crippen LogP contribution in [0.2, 0.25) is 0 Å². The van der Waals surface area contributed by atoms with Gasteiger partial charge in [0.05, 0.1) is 0 Å². The third-order valence-electron chi connectivity index (χ3n) is 4.30. The summed E-state index contributed by atoms with van der Waals surface area (Å²) in [5.41, 5.74) is 0.473. The van der Waals surface area contributed by atoms with Gasteiger partial charge < -0.3 is 15.2 Å². The molecule has 0 saturated carbocycles. The van der Waals surface area contributed by atoms with Crippen LogP contribution in [0.15, 0.2) is 54.6 Å². The largest absolute Gasteiger partial charge is 0.457 e. The van der Waals surface area contributed by atoms with Crippen LogP contribution in [0.5, 0.6) is 11.5 Å². The summed E-state index contributed by atoms with van der Waals surface area (Å²) in [5, 5.41) is 12.3. The van der Waals surface area contributed by atoms with Gasteiger partial charge in [0.1, 0.15) is 24.1 Å². The molecule has 0 amide bonds. The maximum absolute atomic E-state index is 14.4. The molecule has 1 fully saturated rings. The van der Waals surface area contributed by atoms with Gasteiger partial charge in [0.25, 0.3) is 5.92 Å². The molecule has 1 aliphatic rings. The second-order valence-electron chi connectivity index (χ2n) is 6.09. The van der Waals surface area contributed by atoms with Crippen molar-refractivity contribution in [1.82, 2.24) is 10.2 Å². The maximum Gasteiger partial charge on any atom is 0.289 e. The van der Waals surface area contributed by atoms with E-state index in [2.05, 4.69) is 5.32 Å². The van der Waals surface area contributed by atoms with E-state index in [9.17, 15) is 13.9 Å². The highest BCUT2D eigenvalue weighted by Crippen LogP contribution is 2.37. The number of halogens is 3. The minimum absolute atomic E-state index is 0. The number of nitrogens with one attached hydrogen (secondary N) is 1. The quantitative estimate of drug-likeness (QED) is 0.800. The van der Waals surface area contributed by atoms with Crippen LogP contribution in [0.4, 0.5) is 8.78 Å². The number of piperazine rings is 1. The standard InChI is InChI=1S/C19H22F2N2O2.ClH/c20-19(21,14-24)18(23-12-10-22-11-13-23)15-6-8-17(9-7-15)25-16-4-2-1-3-5-16;/h1-9,18,22,24H,10-14H2;1H/t18-;/m1./s1. The Labute approximate surface area is 158 Å². The summed E-state index contributed by atoms with van der Waals surface area (Å²) < 4.78 is 34.5. The number of alkyl halides is 2. The lowest BCUT2D eigenvalue weighted by Crippen LogP contribution is -2.51. The molecule has 0 radical (unpaired) electrons. The van der Waals surface area contributed by atoms with E-state index in [1.165, 1.54) is 0 Å². The maximum atomic E-state index is 14.4. The van der Waals surface area contributed by atoms with Crippen molar-refractivity contribution < 1.29 is 18.6 Å². The first kappa shape index (κ1) is 20.6. The Morgan fingerprint density at radius 2 is 1.58 bits per heavy atom. The van der Waals surface area contributed by atoms with Crippen molar-refractivity contribution in [3.8, 4) is 11.5 Å². The zero-order chi connectivity index (χ0) is 17.7. The molecular formula is C19H23ClF2N2O2. The summed E-state index contributed by atoms with van der Waals surface area (Å²) in [6, 6.07) is 14.8. The van der Waals surface area contributed by atoms with E-state index in [4.69, 9.17) is 4.74 Å². The molecule has 2 N–H and O–H groups in total. The molecule has 2 aromatic carbocycles. The molecule has 3 rings (SSSR count). The van der Waals surface area contributed by atoms with Crippen molar-refractivity contribution in [2.45, 2.75) is 12.0 Å². The zero-order valence-corrected chi connectivity index (χ0v) is 15.1. The van der Waals surface area contributed by atoms with Gasteiger partial charge in [0, 0.05) is 26.2 Å². The smallest absolute Gasteiger partial charge is 0.289 e. The summed E-state index contributed by atoms with van der Waals surface area (Å²) in [6.45, 7) is 1.18. The minimum Gasteiger partial charge on any atom is -0.457 e. The van der Waals surface area contributed by atoms with Crippen LogP contribution in [-0.4, -0.2) is 48.7 Å². The van der Waals surface area contributed by atoms with Crippen molar-refractivity contribution in [2.75, 3.05) is 32.8 Å². The van der Waals surface area contributed by atoms with E-state index < -0.39 is 18.6 Å². The normalized spacial score (nSPS) is 16.6. The van der Waals surface area contributed by atoms with Crippen molar-refractivity contribution in [1.29, 1.82) is 0 Å². The van der Waals surface area contributed by atoms with Gasteiger partial charge in [-0.2, -0.15) is 0 Å². The zero-order valence-electron chi connectivity index (χ0n) is 14.3. The summed E-state index contributed by atoms with van der Waals surface area (Å²) in [5.74, 6) is -1.94. The molecule has 26 heavy (non-hydrogen) atoms. The van der Waals surface area contributed by atoms with E-state index in [-0.39, 0.29) is 12.4 Å². The van der Waals surface area contributed by atoms with E-state index in [1.54, 1.807) is 29.2 Å². The number of para-hydroxylation sites is 1. The number of aliphatic hydroxyl groups excluding tert-OH is 1. The van der Waals surface area contributed by atoms with Gasteiger partial charge in [-0.1, -0.05) is 30.3 Å². The second kappa shape index (κ2) is 9.28. The summed E-state index contributed by atoms with van der Waals surface area (Å²) in [4.78, 5) is 1.72. The highest BCUT2D eigenvalue weighted by atomic mass is 35.5. The predicted molar refractivity (Wildman–Crippen MR) is 99.4 cm³/mol. The lowest BCUT2D eigenvalue weighted by atomic mass is 9.98. The first-order valence-electron chi connectivity index (χ1n) is 8.36. The van der Waals surface area contributed by atoms with Crippen LogP contribution in [0.1, 0.15) is 11.6 Å². The Morgan fingerprint density at radius 3 is 2.15 bits per heavy atom. The van der Waals surface area contributed by atoms with Gasteiger partial charge in [-0.3, -0.25) is 4.90 Å². The molecule has 142 valence electrons. The fourth-order valence-corrected chi connectivity index (χ4v) is 3.09. The molecule has 1 atom stereocenters. The van der Waals surface area contributed by atoms with Crippen LogP contribution in [0.3, 0.4) is 0 Å². The Bertz CT molecular complexity index is 665. The number of benzene rings is 2. The molecule has 2 aromatic rings. The van der Waals surface area contributed by atoms with Crippen LogP contribution < -0.4 is 10.1 Å². The fourth-order valence-electron chi connectivity index (χ4n) is 3.09. The van der Waals surface area contributed by atoms with E-state index in [0.29, 0.717) is 43.2 Å². The van der Waals surface area contributed by atoms with Crippen LogP contribution in [0.25, 0.3) is 0 Å². The molecule has 0 aliphatic carbocycles. The van der Waals surface area contributed by atoms with Gasteiger partial charge in [0.2, 0.25) is 0 Å². The third kappa shape index (κ3) is 4.92. The Balaban J connectivity index is 0.00000243. The number of aliphatic hydroxyl groups is 1. The van der Waals surface area contributed by atoms with Gasteiger partial charge >= 0.3 is 0 Å². The first-order chi connectivity index (χ1) is 12.1. The third-order valence-corrected chi connectivity index (χ3v) is 4.30. The Hall–Kier alpha value is -1.73. The second-order valence-corrected chi connectivity index (χ2v) is 6.09. The minimum atomic E-state index is -3.21. The fraction of sp³-hybridized carbons (Fsp3) is 0.368. The topological polar surface area (TPSA) is 44.7 Å². The van der Waals surface area contributed by atoms with Crippen molar-refractivity contribution in [2.24, 2.45) is 0 Å². The van der Waals surface area contributed by atoms with Crippen molar-refractivity contribution in [3.63, 3.8) is 0 Å². The monoisotopic (exact) mass is 384 g/mol. The highest BCUT2D eigenvalue weighted by molar-refractivity contribution is 5.85. The molecular weight excluding hydrogens is 362 g/mol. The van der Waals surface area contributed by atoms with E-state index in [1.807, 2.05) is 30.3 Å². The number of nitrogens with zero attached hydrogens (tertiary/aromatic N) is 1. The molecule has 4 nitrogen and oxygen atoms in total. The molecule has 0 unspecified atom stereocenters. The van der Waals surface area contributed by atoms with Gasteiger partial charge in [-0.15, -0.1) is 12.4 Å². The number of hydrogen-bond donors (Lipinski definition) is 2. The molecule has 1 aliphatic heterocycles. The van der Waals surface area contributed by atoms with E-state index in [0.717, 1.165) is 0 Å². The van der Waals surface area contributed by atoms with Crippen LogP contribution in [0, 0.1) is 0 Å². The predicted octanol–water partition coefficient (Wildman–Crippen LogP) is 3.47. The Kier molecular flexibility index (Phi) is 7.34. The molecule has 0 bridgehead atoms. The molecule has 1 heterocycles. The van der Waals surface area contributed by atoms with E-state index >= 15 is 0 Å². The van der Waals surface area contributed by atoms with Gasteiger partial charge in [-0.25, -0.2) is 8.78 Å². The van der Waals surface area contributed by atoms with Crippen LogP contribution in [-0.2, 0) is 0 Å². The van der Waals surface area contributed by atoms with Crippen LogP contribution >= 0.6 is 12.4 Å². The Morgan fingerprint density at radius 1 is 1.00 bits per heavy atom. The molecule has 0 spiro atoms.